The monoisotopic (exact) mass is 604 g/mol. The zero-order valence-electron chi connectivity index (χ0n) is 22.2. The molecule has 0 unspecified atom stereocenters. The molecule has 0 amide bonds. The number of fused-ring (bicyclic) bond motifs is 1. The number of rotatable bonds is 9. The Hall–Kier alpha value is -2.56. The number of carbonyl (C=O) groups is 1. The van der Waals surface area contributed by atoms with Crippen LogP contribution in [0.25, 0.3) is 10.8 Å². The molecule has 0 spiro atoms. The molecule has 2 saturated carbocycles. The van der Waals surface area contributed by atoms with Crippen LogP contribution < -0.4 is 39.0 Å². The summed E-state index contributed by atoms with van der Waals surface area (Å²) in [6.45, 7) is -0.218. The van der Waals surface area contributed by atoms with Crippen LogP contribution in [0.4, 0.5) is 14.6 Å². The van der Waals surface area contributed by atoms with Gasteiger partial charge in [0.25, 0.3) is 15.9 Å². The SMILES string of the molecule is O=C([O-])c1ccc(S(=O)(=O)N(Cc2ccc(C(F)(F)C3CC3)c(Cl)c2)c2ncc3ccccc3c2C2CC2)cc1.[Na+]. The normalized spacial score (nSPS) is 15.4. The maximum absolute atomic E-state index is 14.8. The number of benzene rings is 3. The van der Waals surface area contributed by atoms with E-state index in [9.17, 15) is 27.1 Å². The van der Waals surface area contributed by atoms with E-state index in [1.165, 1.54) is 42.5 Å². The molecule has 0 radical (unpaired) electrons. The Balaban J connectivity index is 0.00000337. The second-order valence-corrected chi connectivity index (χ2v) is 12.7. The molecule has 2 aliphatic rings. The summed E-state index contributed by atoms with van der Waals surface area (Å²) in [5.74, 6) is -4.85. The number of hydrogen-bond donors (Lipinski definition) is 0. The summed E-state index contributed by atoms with van der Waals surface area (Å²) < 4.78 is 59.0. The fourth-order valence-electron chi connectivity index (χ4n) is 5.07. The largest absolute Gasteiger partial charge is 1.00 e. The van der Waals surface area contributed by atoms with Gasteiger partial charge in [0.2, 0.25) is 0 Å². The van der Waals surface area contributed by atoms with Crippen molar-refractivity contribution in [3.8, 4) is 0 Å². The third-order valence-electron chi connectivity index (χ3n) is 7.53. The van der Waals surface area contributed by atoms with Crippen LogP contribution in [0.15, 0.2) is 77.8 Å². The van der Waals surface area contributed by atoms with Crippen LogP contribution in [0.2, 0.25) is 5.02 Å². The molecule has 4 aromatic rings. The third-order valence-corrected chi connectivity index (χ3v) is 9.59. The Morgan fingerprint density at radius 2 is 1.71 bits per heavy atom. The van der Waals surface area contributed by atoms with Crippen molar-refractivity contribution < 1.29 is 56.7 Å². The molecule has 2 fully saturated rings. The minimum absolute atomic E-state index is 0. The molecule has 41 heavy (non-hydrogen) atoms. The Labute approximate surface area is 263 Å². The second kappa shape index (κ2) is 11.3. The summed E-state index contributed by atoms with van der Waals surface area (Å²) in [6, 6.07) is 16.5. The first-order valence-corrected chi connectivity index (χ1v) is 14.8. The molecule has 1 heterocycles. The number of alkyl halides is 2. The molecule has 2 aliphatic carbocycles. The van der Waals surface area contributed by atoms with Crippen molar-refractivity contribution in [2.45, 2.75) is 49.0 Å². The zero-order chi connectivity index (χ0) is 28.2. The van der Waals surface area contributed by atoms with Gasteiger partial charge in [-0.15, -0.1) is 0 Å². The number of carboxylic acids is 1. The van der Waals surface area contributed by atoms with Gasteiger partial charge in [0.05, 0.1) is 22.4 Å². The molecule has 0 aliphatic heterocycles. The minimum Gasteiger partial charge on any atom is -0.545 e. The standard InChI is InChI=1S/C30H25ClF2N2O4S.Na/c31-26-15-18(5-14-25(26)30(32,33)22-10-11-22)17-35(40(38,39)23-12-8-20(9-13-23)29(36)37)28-27(19-6-7-19)24-4-2-1-3-21(24)16-34-28;/h1-5,8-9,12-16,19,22H,6-7,10-11,17H2,(H,36,37);/q;+1/p-1. The number of halogens is 3. The first kappa shape index (κ1) is 29.9. The zero-order valence-corrected chi connectivity index (χ0v) is 25.8. The molecule has 3 aromatic carbocycles. The van der Waals surface area contributed by atoms with Gasteiger partial charge in [-0.2, -0.15) is 0 Å². The molecule has 0 atom stereocenters. The third kappa shape index (κ3) is 5.75. The average Bonchev–Trinajstić information content (AvgIpc) is 3.84. The minimum atomic E-state index is -4.28. The number of aromatic nitrogens is 1. The van der Waals surface area contributed by atoms with Gasteiger partial charge in [-0.25, -0.2) is 26.5 Å². The van der Waals surface area contributed by atoms with Gasteiger partial charge in [-0.1, -0.05) is 60.1 Å². The number of nitrogens with zero attached hydrogens (tertiary/aromatic N) is 2. The summed E-state index contributed by atoms with van der Waals surface area (Å²) in [5, 5.41) is 12.9. The Kier molecular flexibility index (Phi) is 8.22. The quantitative estimate of drug-likeness (QED) is 0.274. The number of hydrogen-bond acceptors (Lipinski definition) is 5. The van der Waals surface area contributed by atoms with Gasteiger partial charge >= 0.3 is 29.6 Å². The van der Waals surface area contributed by atoms with Crippen LogP contribution in [0.3, 0.4) is 0 Å². The van der Waals surface area contributed by atoms with E-state index < -0.39 is 27.8 Å². The number of carbonyl (C=O) groups excluding carboxylic acids is 1. The Bertz CT molecular complexity index is 1740. The number of pyridine rings is 1. The van der Waals surface area contributed by atoms with Crippen LogP contribution in [-0.4, -0.2) is 19.4 Å². The van der Waals surface area contributed by atoms with E-state index in [2.05, 4.69) is 4.98 Å². The second-order valence-electron chi connectivity index (χ2n) is 10.4. The van der Waals surface area contributed by atoms with Crippen molar-refractivity contribution in [2.75, 3.05) is 4.31 Å². The number of anilines is 1. The van der Waals surface area contributed by atoms with Crippen molar-refractivity contribution in [1.82, 2.24) is 4.98 Å². The maximum atomic E-state index is 14.8. The molecule has 0 N–H and O–H groups in total. The fourth-order valence-corrected chi connectivity index (χ4v) is 6.83. The number of carboxylic acid groups (broad SMARTS) is 1. The van der Waals surface area contributed by atoms with E-state index in [4.69, 9.17) is 11.6 Å². The van der Waals surface area contributed by atoms with E-state index in [1.54, 1.807) is 6.20 Å². The predicted molar refractivity (Wildman–Crippen MR) is 146 cm³/mol. The summed E-state index contributed by atoms with van der Waals surface area (Å²) >= 11 is 6.34. The molecule has 6 rings (SSSR count). The van der Waals surface area contributed by atoms with Gasteiger partial charge in [0.1, 0.15) is 5.82 Å². The fraction of sp³-hybridized carbons (Fsp3) is 0.267. The van der Waals surface area contributed by atoms with E-state index in [-0.39, 0.29) is 68.9 Å². The smallest absolute Gasteiger partial charge is 0.545 e. The Morgan fingerprint density at radius 1 is 1.02 bits per heavy atom. The van der Waals surface area contributed by atoms with Crippen molar-refractivity contribution >= 4 is 44.2 Å². The van der Waals surface area contributed by atoms with Crippen LogP contribution >= 0.6 is 11.6 Å². The molecular weight excluding hydrogens is 581 g/mol. The summed E-state index contributed by atoms with van der Waals surface area (Å²) in [6.07, 6.45) is 4.25. The topological polar surface area (TPSA) is 90.4 Å². The predicted octanol–water partition coefficient (Wildman–Crippen LogP) is 3.03. The first-order valence-electron chi connectivity index (χ1n) is 13.0. The van der Waals surface area contributed by atoms with Crippen LogP contribution in [0.1, 0.15) is 58.6 Å². The molecule has 206 valence electrons. The maximum Gasteiger partial charge on any atom is 1.00 e. The van der Waals surface area contributed by atoms with Gasteiger partial charge in [-0.3, -0.25) is 0 Å². The molecule has 0 saturated heterocycles. The summed E-state index contributed by atoms with van der Waals surface area (Å²) in [4.78, 5) is 15.7. The molecule has 6 nitrogen and oxygen atoms in total. The van der Waals surface area contributed by atoms with Crippen LogP contribution in [0.5, 0.6) is 0 Å². The number of sulfonamides is 1. The molecule has 0 bridgehead atoms. The van der Waals surface area contributed by atoms with Crippen molar-refractivity contribution in [3.63, 3.8) is 0 Å². The van der Waals surface area contributed by atoms with Crippen LogP contribution in [-0.2, 0) is 22.5 Å². The van der Waals surface area contributed by atoms with E-state index in [0.717, 1.165) is 33.5 Å². The van der Waals surface area contributed by atoms with Crippen molar-refractivity contribution in [1.29, 1.82) is 0 Å². The van der Waals surface area contributed by atoms with Gasteiger partial charge in [-0.05, 0) is 66.3 Å². The summed E-state index contributed by atoms with van der Waals surface area (Å²) in [7, 11) is -4.28. The number of aromatic carboxylic acids is 1. The van der Waals surface area contributed by atoms with E-state index in [1.807, 2.05) is 24.3 Å². The van der Waals surface area contributed by atoms with Gasteiger partial charge in [0.15, 0.2) is 0 Å². The van der Waals surface area contributed by atoms with E-state index in [0.29, 0.717) is 18.4 Å². The Morgan fingerprint density at radius 3 is 2.32 bits per heavy atom. The average molecular weight is 605 g/mol. The van der Waals surface area contributed by atoms with Crippen molar-refractivity contribution in [2.24, 2.45) is 5.92 Å². The first-order chi connectivity index (χ1) is 19.1. The summed E-state index contributed by atoms with van der Waals surface area (Å²) in [5.41, 5.74) is 0.783. The van der Waals surface area contributed by atoms with Gasteiger partial charge < -0.3 is 9.90 Å². The molecule has 11 heteroatoms. The van der Waals surface area contributed by atoms with Gasteiger partial charge in [0, 0.05) is 28.6 Å². The van der Waals surface area contributed by atoms with Crippen LogP contribution in [0, 0.1) is 5.92 Å². The molecule has 1 aromatic heterocycles. The van der Waals surface area contributed by atoms with E-state index >= 15 is 0 Å². The molecular formula is C30H24ClF2N2NaO4S. The van der Waals surface area contributed by atoms with Crippen molar-refractivity contribution in [3.05, 3.63) is 100 Å².